The number of alkyl halides is 3. The summed E-state index contributed by atoms with van der Waals surface area (Å²) in [4.78, 5) is 15.9. The van der Waals surface area contributed by atoms with Crippen molar-refractivity contribution >= 4 is 11.9 Å². The number of halogens is 3. The van der Waals surface area contributed by atoms with Crippen LogP contribution in [0.15, 0.2) is 59.6 Å². The van der Waals surface area contributed by atoms with Gasteiger partial charge in [0.25, 0.3) is 0 Å². The molecule has 156 valence electrons. The molecule has 0 aliphatic rings. The van der Waals surface area contributed by atoms with Gasteiger partial charge in [0.15, 0.2) is 5.96 Å². The highest BCUT2D eigenvalue weighted by Crippen LogP contribution is 2.29. The first kappa shape index (κ1) is 22.3. The summed E-state index contributed by atoms with van der Waals surface area (Å²) in [7, 11) is 1.58. The van der Waals surface area contributed by atoms with Crippen LogP contribution in [0.2, 0.25) is 0 Å². The van der Waals surface area contributed by atoms with Crippen LogP contribution in [0.5, 0.6) is 0 Å². The van der Waals surface area contributed by atoms with Gasteiger partial charge in [-0.1, -0.05) is 42.5 Å². The molecular formula is C21H25F3N4O. The van der Waals surface area contributed by atoms with E-state index in [1.165, 1.54) is 12.1 Å². The van der Waals surface area contributed by atoms with Crippen molar-refractivity contribution in [1.29, 1.82) is 0 Å². The van der Waals surface area contributed by atoms with E-state index in [2.05, 4.69) is 20.9 Å². The average Bonchev–Trinajstić information content (AvgIpc) is 2.71. The molecule has 0 bridgehead atoms. The molecule has 3 N–H and O–H groups in total. The number of guanidine groups is 1. The Hall–Kier alpha value is -3.03. The van der Waals surface area contributed by atoms with E-state index in [4.69, 9.17) is 0 Å². The highest BCUT2D eigenvalue weighted by atomic mass is 19.4. The maximum Gasteiger partial charge on any atom is 0.416 e. The molecule has 2 aromatic rings. The number of nitrogens with one attached hydrogen (secondary N) is 3. The number of rotatable bonds is 8. The number of carbonyl (C=O) groups is 1. The zero-order valence-electron chi connectivity index (χ0n) is 16.2. The fourth-order valence-electron chi connectivity index (χ4n) is 2.62. The molecule has 0 aliphatic heterocycles. The second-order valence-electron chi connectivity index (χ2n) is 6.38. The second-order valence-corrected chi connectivity index (χ2v) is 6.38. The molecule has 0 fully saturated rings. The van der Waals surface area contributed by atoms with Crippen LogP contribution in [0.3, 0.4) is 0 Å². The molecule has 0 unspecified atom stereocenters. The first-order valence-corrected chi connectivity index (χ1v) is 9.30. The van der Waals surface area contributed by atoms with Gasteiger partial charge in [0, 0.05) is 20.1 Å². The van der Waals surface area contributed by atoms with E-state index in [1.54, 1.807) is 7.05 Å². The van der Waals surface area contributed by atoms with Crippen LogP contribution in [0.25, 0.3) is 0 Å². The molecule has 2 rings (SSSR count). The van der Waals surface area contributed by atoms with Crippen molar-refractivity contribution in [3.63, 3.8) is 0 Å². The largest absolute Gasteiger partial charge is 0.416 e. The monoisotopic (exact) mass is 406 g/mol. The molecule has 0 saturated carbocycles. The van der Waals surface area contributed by atoms with E-state index in [0.29, 0.717) is 25.5 Å². The molecule has 8 heteroatoms. The zero-order chi connectivity index (χ0) is 21.1. The lowest BCUT2D eigenvalue weighted by Gasteiger charge is -2.12. The standard InChI is InChI=1S/C21H25F3N4O/c1-25-20(27-14-12-17-7-9-18(10-8-17)21(22,23)24)28-15-19(29)26-13-11-16-5-3-2-4-6-16/h2-10H,11-15H2,1H3,(H,26,29)(H2,25,27,28). The molecule has 0 aliphatic carbocycles. The van der Waals surface area contributed by atoms with E-state index in [-0.39, 0.29) is 12.5 Å². The second kappa shape index (κ2) is 11.1. The van der Waals surface area contributed by atoms with Crippen LogP contribution >= 0.6 is 0 Å². The fourth-order valence-corrected chi connectivity index (χ4v) is 2.62. The molecule has 0 radical (unpaired) electrons. The number of carbonyl (C=O) groups excluding carboxylic acids is 1. The highest BCUT2D eigenvalue weighted by molar-refractivity contribution is 5.86. The van der Waals surface area contributed by atoms with E-state index >= 15 is 0 Å². The topological polar surface area (TPSA) is 65.5 Å². The number of amides is 1. The normalized spacial score (nSPS) is 11.8. The van der Waals surface area contributed by atoms with Gasteiger partial charge in [-0.3, -0.25) is 9.79 Å². The van der Waals surface area contributed by atoms with Gasteiger partial charge in [-0.15, -0.1) is 0 Å². The number of hydrogen-bond acceptors (Lipinski definition) is 2. The molecule has 0 atom stereocenters. The number of aliphatic imine (C=N–C) groups is 1. The summed E-state index contributed by atoms with van der Waals surface area (Å²) in [5.74, 6) is 0.307. The van der Waals surface area contributed by atoms with Gasteiger partial charge in [-0.25, -0.2) is 0 Å². The predicted octanol–water partition coefficient (Wildman–Crippen LogP) is 2.77. The van der Waals surface area contributed by atoms with Crippen LogP contribution in [0, 0.1) is 0 Å². The molecule has 0 saturated heterocycles. The molecular weight excluding hydrogens is 381 g/mol. The lowest BCUT2D eigenvalue weighted by molar-refractivity contribution is -0.137. The maximum atomic E-state index is 12.6. The minimum atomic E-state index is -4.33. The van der Waals surface area contributed by atoms with Gasteiger partial charge >= 0.3 is 6.18 Å². The molecule has 5 nitrogen and oxygen atoms in total. The first-order valence-electron chi connectivity index (χ1n) is 9.30. The van der Waals surface area contributed by atoms with Crippen LogP contribution in [-0.4, -0.2) is 38.5 Å². The van der Waals surface area contributed by atoms with Gasteiger partial charge < -0.3 is 16.0 Å². The third-order valence-electron chi connectivity index (χ3n) is 4.21. The predicted molar refractivity (Wildman–Crippen MR) is 108 cm³/mol. The quantitative estimate of drug-likeness (QED) is 0.467. The minimum absolute atomic E-state index is 0.0781. The van der Waals surface area contributed by atoms with Crippen molar-refractivity contribution in [2.24, 2.45) is 4.99 Å². The van der Waals surface area contributed by atoms with Crippen molar-refractivity contribution in [2.75, 3.05) is 26.7 Å². The Morgan fingerprint density at radius 1 is 0.862 bits per heavy atom. The Morgan fingerprint density at radius 3 is 2.03 bits per heavy atom. The number of hydrogen-bond donors (Lipinski definition) is 3. The van der Waals surface area contributed by atoms with E-state index in [9.17, 15) is 18.0 Å². The van der Waals surface area contributed by atoms with Gasteiger partial charge in [0.05, 0.1) is 12.1 Å². The summed E-state index contributed by atoms with van der Waals surface area (Å²) in [6, 6.07) is 14.9. The number of nitrogens with zero attached hydrogens (tertiary/aromatic N) is 1. The lowest BCUT2D eigenvalue weighted by Crippen LogP contribution is -2.44. The summed E-state index contributed by atoms with van der Waals surface area (Å²) in [5, 5.41) is 8.78. The molecule has 29 heavy (non-hydrogen) atoms. The summed E-state index contributed by atoms with van der Waals surface area (Å²) in [5.41, 5.74) is 1.27. The molecule has 1 amide bonds. The lowest BCUT2D eigenvalue weighted by atomic mass is 10.1. The Bertz CT molecular complexity index is 790. The van der Waals surface area contributed by atoms with Crippen LogP contribution in [0.4, 0.5) is 13.2 Å². The van der Waals surface area contributed by atoms with E-state index < -0.39 is 11.7 Å². The Kier molecular flexibility index (Phi) is 8.51. The fraction of sp³-hybridized carbons (Fsp3) is 0.333. The van der Waals surface area contributed by atoms with Crippen molar-refractivity contribution < 1.29 is 18.0 Å². The van der Waals surface area contributed by atoms with Gasteiger partial charge in [-0.2, -0.15) is 13.2 Å². The Labute approximate surface area is 168 Å². The molecule has 0 aromatic heterocycles. The smallest absolute Gasteiger partial charge is 0.356 e. The average molecular weight is 406 g/mol. The first-order chi connectivity index (χ1) is 13.9. The zero-order valence-corrected chi connectivity index (χ0v) is 16.2. The highest BCUT2D eigenvalue weighted by Gasteiger charge is 2.29. The maximum absolute atomic E-state index is 12.6. The Morgan fingerprint density at radius 2 is 1.45 bits per heavy atom. The van der Waals surface area contributed by atoms with Gasteiger partial charge in [0.1, 0.15) is 0 Å². The summed E-state index contributed by atoms with van der Waals surface area (Å²) >= 11 is 0. The van der Waals surface area contributed by atoms with Crippen molar-refractivity contribution in [3.8, 4) is 0 Å². The number of benzene rings is 2. The Balaban J connectivity index is 1.65. The van der Waals surface area contributed by atoms with E-state index in [0.717, 1.165) is 29.7 Å². The summed E-state index contributed by atoms with van der Waals surface area (Å²) in [6.07, 6.45) is -3.04. The van der Waals surface area contributed by atoms with Crippen LogP contribution in [-0.2, 0) is 23.8 Å². The van der Waals surface area contributed by atoms with Crippen LogP contribution < -0.4 is 16.0 Å². The van der Waals surface area contributed by atoms with Gasteiger partial charge in [0.2, 0.25) is 5.91 Å². The van der Waals surface area contributed by atoms with Gasteiger partial charge in [-0.05, 0) is 36.1 Å². The summed E-state index contributed by atoms with van der Waals surface area (Å²) in [6.45, 7) is 1.10. The third-order valence-corrected chi connectivity index (χ3v) is 4.21. The van der Waals surface area contributed by atoms with E-state index in [1.807, 2.05) is 30.3 Å². The molecule has 0 heterocycles. The third kappa shape index (κ3) is 8.25. The van der Waals surface area contributed by atoms with Crippen molar-refractivity contribution in [2.45, 2.75) is 19.0 Å². The molecule has 2 aromatic carbocycles. The van der Waals surface area contributed by atoms with Crippen LogP contribution in [0.1, 0.15) is 16.7 Å². The van der Waals surface area contributed by atoms with Crippen molar-refractivity contribution in [1.82, 2.24) is 16.0 Å². The molecule has 0 spiro atoms. The SMILES string of the molecule is CN=C(NCCc1ccc(C(F)(F)F)cc1)NCC(=O)NCCc1ccccc1. The van der Waals surface area contributed by atoms with Crippen molar-refractivity contribution in [3.05, 3.63) is 71.3 Å². The minimum Gasteiger partial charge on any atom is -0.356 e. The summed E-state index contributed by atoms with van der Waals surface area (Å²) < 4.78 is 37.7.